The van der Waals surface area contributed by atoms with Crippen LogP contribution in [0.4, 0.5) is 5.13 Å². The molecule has 9 heteroatoms. The Morgan fingerprint density at radius 1 is 1.14 bits per heavy atom. The monoisotopic (exact) mass is 405 g/mol. The number of methoxy groups -OCH3 is 1. The summed E-state index contributed by atoms with van der Waals surface area (Å²) in [5.41, 5.74) is 0.567. The quantitative estimate of drug-likeness (QED) is 0.766. The number of carbonyl (C=O) groups is 4. The number of anilines is 1. The number of nitrogens with zero attached hydrogens (tertiary/aromatic N) is 2. The number of hydrogen-bond acceptors (Lipinski definition) is 7. The molecule has 0 spiro atoms. The number of ketones is 1. The molecule has 1 saturated carbocycles. The minimum atomic E-state index is -0.568. The van der Waals surface area contributed by atoms with Crippen molar-refractivity contribution in [2.75, 3.05) is 19.0 Å². The summed E-state index contributed by atoms with van der Waals surface area (Å²) >= 11 is 1.19. The Morgan fingerprint density at radius 2 is 1.93 bits per heavy atom. The van der Waals surface area contributed by atoms with Crippen LogP contribution in [0.1, 0.15) is 53.9 Å². The van der Waals surface area contributed by atoms with E-state index in [4.69, 9.17) is 4.74 Å². The van der Waals surface area contributed by atoms with Crippen LogP contribution < -0.4 is 5.32 Å². The molecule has 1 unspecified atom stereocenters. The molecule has 28 heavy (non-hydrogen) atoms. The first kappa shape index (κ1) is 19.0. The number of rotatable bonds is 4. The van der Waals surface area contributed by atoms with Gasteiger partial charge in [-0.05, 0) is 25.7 Å². The molecule has 2 heterocycles. The lowest BCUT2D eigenvalue weighted by atomic mass is 9.85. The van der Waals surface area contributed by atoms with Gasteiger partial charge in [0.1, 0.15) is 6.04 Å². The second-order valence-corrected chi connectivity index (χ2v) is 8.65. The molecule has 2 aliphatic carbocycles. The molecule has 2 fully saturated rings. The fourth-order valence-corrected chi connectivity index (χ4v) is 5.03. The Balaban J connectivity index is 1.46. The predicted octanol–water partition coefficient (Wildman–Crippen LogP) is 1.79. The lowest BCUT2D eigenvalue weighted by Crippen LogP contribution is -2.45. The van der Waals surface area contributed by atoms with Crippen LogP contribution >= 0.6 is 11.3 Å². The van der Waals surface area contributed by atoms with Crippen LogP contribution in [-0.4, -0.2) is 53.1 Å². The highest BCUT2D eigenvalue weighted by Crippen LogP contribution is 2.35. The fourth-order valence-electron chi connectivity index (χ4n) is 4.08. The van der Waals surface area contributed by atoms with Gasteiger partial charge in [-0.2, -0.15) is 0 Å². The predicted molar refractivity (Wildman–Crippen MR) is 101 cm³/mol. The van der Waals surface area contributed by atoms with Crippen molar-refractivity contribution in [1.29, 1.82) is 0 Å². The normalized spacial score (nSPS) is 24.5. The number of fused-ring (bicyclic) bond motifs is 1. The van der Waals surface area contributed by atoms with E-state index < -0.39 is 17.9 Å². The molecule has 0 aromatic carbocycles. The number of nitrogens with one attached hydrogen (secondary N) is 1. The van der Waals surface area contributed by atoms with Crippen LogP contribution in [0.15, 0.2) is 0 Å². The molecular weight excluding hydrogens is 382 g/mol. The largest absolute Gasteiger partial charge is 0.467 e. The minimum Gasteiger partial charge on any atom is -0.467 e. The van der Waals surface area contributed by atoms with Gasteiger partial charge < -0.3 is 15.0 Å². The zero-order valence-electron chi connectivity index (χ0n) is 15.7. The summed E-state index contributed by atoms with van der Waals surface area (Å²) in [6, 6.07) is -0.568. The maximum Gasteiger partial charge on any atom is 0.328 e. The molecule has 2 atom stereocenters. The number of aromatic nitrogens is 1. The van der Waals surface area contributed by atoms with Crippen molar-refractivity contribution in [3.63, 3.8) is 0 Å². The van der Waals surface area contributed by atoms with Crippen molar-refractivity contribution in [2.24, 2.45) is 11.8 Å². The van der Waals surface area contributed by atoms with Gasteiger partial charge in [0.25, 0.3) is 0 Å². The number of thiazole rings is 1. The highest BCUT2D eigenvalue weighted by molar-refractivity contribution is 7.17. The third-order valence-electron chi connectivity index (χ3n) is 5.89. The highest BCUT2D eigenvalue weighted by Gasteiger charge is 2.41. The maximum atomic E-state index is 13.0. The fraction of sp³-hybridized carbons (Fsp3) is 0.632. The number of ether oxygens (including phenoxy) is 1. The SMILES string of the molecule is COC(=O)[C@@H]1CCCN1C(=O)C1CC(=O)c2sc(NC(=O)C3CCC3)nc2C1. The van der Waals surface area contributed by atoms with Crippen LogP contribution in [0.25, 0.3) is 0 Å². The summed E-state index contributed by atoms with van der Waals surface area (Å²) < 4.78 is 4.80. The van der Waals surface area contributed by atoms with Crippen LogP contribution in [0, 0.1) is 11.8 Å². The average molecular weight is 405 g/mol. The van der Waals surface area contributed by atoms with Gasteiger partial charge in [0.2, 0.25) is 11.8 Å². The van der Waals surface area contributed by atoms with E-state index in [1.165, 1.54) is 18.4 Å². The molecule has 0 bridgehead atoms. The van der Waals surface area contributed by atoms with E-state index in [1.54, 1.807) is 4.90 Å². The van der Waals surface area contributed by atoms with E-state index in [0.29, 0.717) is 35.1 Å². The maximum absolute atomic E-state index is 13.0. The Hall–Kier alpha value is -2.29. The number of hydrogen-bond donors (Lipinski definition) is 1. The van der Waals surface area contributed by atoms with Gasteiger partial charge in [-0.1, -0.05) is 17.8 Å². The van der Waals surface area contributed by atoms with Crippen molar-refractivity contribution in [2.45, 2.75) is 51.0 Å². The van der Waals surface area contributed by atoms with Gasteiger partial charge in [-0.15, -0.1) is 0 Å². The molecule has 2 amide bonds. The Bertz CT molecular complexity index is 832. The van der Waals surface area contributed by atoms with Crippen LogP contribution in [0.5, 0.6) is 0 Å². The van der Waals surface area contributed by atoms with Gasteiger partial charge in [-0.25, -0.2) is 9.78 Å². The molecule has 4 rings (SSSR count). The van der Waals surface area contributed by atoms with E-state index in [1.807, 2.05) is 0 Å². The molecule has 1 aliphatic heterocycles. The lowest BCUT2D eigenvalue weighted by Gasteiger charge is -2.28. The van der Waals surface area contributed by atoms with E-state index in [-0.39, 0.29) is 29.9 Å². The molecular formula is C19H23N3O5S. The molecule has 1 N–H and O–H groups in total. The second-order valence-electron chi connectivity index (χ2n) is 7.65. The van der Waals surface area contributed by atoms with Gasteiger partial charge in [0.05, 0.1) is 23.6 Å². The van der Waals surface area contributed by atoms with Gasteiger partial charge in [-0.3, -0.25) is 14.4 Å². The summed E-state index contributed by atoms with van der Waals surface area (Å²) in [6.45, 7) is 0.496. The number of carbonyl (C=O) groups excluding carboxylic acids is 4. The molecule has 1 aromatic heterocycles. The number of Topliss-reactive ketones (excluding diaryl/α,β-unsaturated/α-hetero) is 1. The summed E-state index contributed by atoms with van der Waals surface area (Å²) in [4.78, 5) is 56.1. The molecule has 3 aliphatic rings. The summed E-state index contributed by atoms with van der Waals surface area (Å²) in [6.07, 6.45) is 4.63. The van der Waals surface area contributed by atoms with E-state index in [2.05, 4.69) is 10.3 Å². The van der Waals surface area contributed by atoms with Crippen LogP contribution in [0.2, 0.25) is 0 Å². The third-order valence-corrected chi connectivity index (χ3v) is 6.94. The molecule has 1 saturated heterocycles. The second kappa shape index (κ2) is 7.62. The average Bonchev–Trinajstić information content (AvgIpc) is 3.25. The highest BCUT2D eigenvalue weighted by atomic mass is 32.1. The van der Waals surface area contributed by atoms with Crippen molar-refractivity contribution in [1.82, 2.24) is 9.88 Å². The first-order chi connectivity index (χ1) is 13.5. The van der Waals surface area contributed by atoms with Crippen molar-refractivity contribution >= 4 is 40.0 Å². The number of amides is 2. The van der Waals surface area contributed by atoms with Crippen LogP contribution in [0.3, 0.4) is 0 Å². The van der Waals surface area contributed by atoms with E-state index >= 15 is 0 Å². The smallest absolute Gasteiger partial charge is 0.328 e. The van der Waals surface area contributed by atoms with E-state index in [9.17, 15) is 19.2 Å². The zero-order valence-corrected chi connectivity index (χ0v) is 16.5. The zero-order chi connectivity index (χ0) is 19.8. The summed E-state index contributed by atoms with van der Waals surface area (Å²) in [7, 11) is 1.31. The number of esters is 1. The van der Waals surface area contributed by atoms with Gasteiger partial charge in [0.15, 0.2) is 10.9 Å². The minimum absolute atomic E-state index is 0.0383. The standard InChI is InChI=1S/C19H23N3O5S/c1-27-18(26)13-6-3-7-22(13)17(25)11-8-12-15(14(23)9-11)28-19(20-12)21-16(24)10-4-2-5-10/h10-11,13H,2-9H2,1H3,(H,20,21,24)/t11?,13-/m0/s1. The van der Waals surface area contributed by atoms with Gasteiger partial charge in [0, 0.05) is 25.3 Å². The number of likely N-dealkylation sites (tertiary alicyclic amines) is 1. The molecule has 1 aromatic rings. The first-order valence-corrected chi connectivity index (χ1v) is 10.5. The van der Waals surface area contributed by atoms with Crippen molar-refractivity contribution in [3.05, 3.63) is 10.6 Å². The van der Waals surface area contributed by atoms with E-state index in [0.717, 1.165) is 25.7 Å². The Kier molecular flexibility index (Phi) is 5.18. The van der Waals surface area contributed by atoms with Crippen molar-refractivity contribution < 1.29 is 23.9 Å². The molecule has 0 radical (unpaired) electrons. The summed E-state index contributed by atoms with van der Waals surface area (Å²) in [5.74, 6) is -1.27. The summed E-state index contributed by atoms with van der Waals surface area (Å²) in [5, 5.41) is 3.24. The third kappa shape index (κ3) is 3.43. The Labute approximate surface area is 166 Å². The van der Waals surface area contributed by atoms with Gasteiger partial charge >= 0.3 is 5.97 Å². The molecule has 8 nitrogen and oxygen atoms in total. The van der Waals surface area contributed by atoms with Crippen LogP contribution in [-0.2, 0) is 25.5 Å². The molecule has 150 valence electrons. The van der Waals surface area contributed by atoms with Crippen molar-refractivity contribution in [3.8, 4) is 0 Å². The lowest BCUT2D eigenvalue weighted by molar-refractivity contribution is -0.152. The topological polar surface area (TPSA) is 106 Å². The first-order valence-electron chi connectivity index (χ1n) is 9.70. The Morgan fingerprint density at radius 3 is 2.61 bits per heavy atom.